The molecule has 2 fully saturated rings. The SMILES string of the molecule is CCNC(=NCc1cccc(NC(=O)C2CCCC2)c1)N1CC[C@@H](O)C1.I. The van der Waals surface area contributed by atoms with Crippen LogP contribution in [0.25, 0.3) is 0 Å². The van der Waals surface area contributed by atoms with E-state index in [1.54, 1.807) is 0 Å². The van der Waals surface area contributed by atoms with E-state index in [2.05, 4.69) is 15.5 Å². The van der Waals surface area contributed by atoms with Crippen LogP contribution in [-0.4, -0.2) is 47.6 Å². The molecule has 27 heavy (non-hydrogen) atoms. The van der Waals surface area contributed by atoms with Gasteiger partial charge in [0.25, 0.3) is 0 Å². The van der Waals surface area contributed by atoms with Crippen molar-refractivity contribution in [3.05, 3.63) is 29.8 Å². The molecule has 0 aromatic heterocycles. The number of halogens is 1. The summed E-state index contributed by atoms with van der Waals surface area (Å²) in [5.41, 5.74) is 1.90. The van der Waals surface area contributed by atoms with Gasteiger partial charge in [-0.15, -0.1) is 24.0 Å². The molecule has 0 unspecified atom stereocenters. The number of hydrogen-bond donors (Lipinski definition) is 3. The van der Waals surface area contributed by atoms with Gasteiger partial charge >= 0.3 is 0 Å². The predicted molar refractivity (Wildman–Crippen MR) is 119 cm³/mol. The van der Waals surface area contributed by atoms with Crippen molar-refractivity contribution in [2.75, 3.05) is 25.0 Å². The van der Waals surface area contributed by atoms with Crippen LogP contribution in [0.15, 0.2) is 29.3 Å². The number of carbonyl (C=O) groups is 1. The van der Waals surface area contributed by atoms with E-state index < -0.39 is 0 Å². The third-order valence-electron chi connectivity index (χ3n) is 5.13. The first-order valence-electron chi connectivity index (χ1n) is 9.77. The van der Waals surface area contributed by atoms with Gasteiger partial charge in [-0.05, 0) is 43.9 Å². The van der Waals surface area contributed by atoms with Crippen LogP contribution >= 0.6 is 24.0 Å². The highest BCUT2D eigenvalue weighted by atomic mass is 127. The summed E-state index contributed by atoms with van der Waals surface area (Å²) in [6.07, 6.45) is 4.84. The summed E-state index contributed by atoms with van der Waals surface area (Å²) in [5.74, 6) is 1.14. The molecule has 1 saturated heterocycles. The fraction of sp³-hybridized carbons (Fsp3) is 0.600. The molecular formula is C20H31IN4O2. The lowest BCUT2D eigenvalue weighted by atomic mass is 10.1. The molecule has 1 aliphatic heterocycles. The third-order valence-corrected chi connectivity index (χ3v) is 5.13. The van der Waals surface area contributed by atoms with Crippen LogP contribution in [0.1, 0.15) is 44.6 Å². The molecule has 3 rings (SSSR count). The number of anilines is 1. The topological polar surface area (TPSA) is 77.0 Å². The Hall–Kier alpha value is -1.35. The normalized spacial score (nSPS) is 20.4. The molecule has 7 heteroatoms. The van der Waals surface area contributed by atoms with Crippen LogP contribution in [0.4, 0.5) is 5.69 Å². The summed E-state index contributed by atoms with van der Waals surface area (Å²) in [5, 5.41) is 16.1. The lowest BCUT2D eigenvalue weighted by molar-refractivity contribution is -0.119. The Kier molecular flexibility index (Phi) is 8.82. The third kappa shape index (κ3) is 6.34. The Balaban J connectivity index is 0.00000261. The molecule has 0 spiro atoms. The predicted octanol–water partition coefficient (Wildman–Crippen LogP) is 2.97. The summed E-state index contributed by atoms with van der Waals surface area (Å²) >= 11 is 0. The van der Waals surface area contributed by atoms with Gasteiger partial charge in [-0.2, -0.15) is 0 Å². The second-order valence-corrected chi connectivity index (χ2v) is 7.23. The highest BCUT2D eigenvalue weighted by molar-refractivity contribution is 14.0. The van der Waals surface area contributed by atoms with Gasteiger partial charge in [-0.3, -0.25) is 4.79 Å². The summed E-state index contributed by atoms with van der Waals surface area (Å²) in [6.45, 7) is 4.83. The largest absolute Gasteiger partial charge is 0.391 e. The van der Waals surface area contributed by atoms with E-state index in [1.807, 2.05) is 31.2 Å². The van der Waals surface area contributed by atoms with Crippen molar-refractivity contribution >= 4 is 41.5 Å². The lowest BCUT2D eigenvalue weighted by Gasteiger charge is -2.21. The molecule has 0 radical (unpaired) electrons. The Bertz CT molecular complexity index is 647. The molecule has 2 aliphatic rings. The van der Waals surface area contributed by atoms with Crippen LogP contribution in [0, 0.1) is 5.92 Å². The summed E-state index contributed by atoms with van der Waals surface area (Å²) in [4.78, 5) is 19.1. The number of guanidine groups is 1. The van der Waals surface area contributed by atoms with Crippen molar-refractivity contribution in [2.24, 2.45) is 10.9 Å². The van der Waals surface area contributed by atoms with Crippen LogP contribution < -0.4 is 10.6 Å². The van der Waals surface area contributed by atoms with Gasteiger partial charge in [0, 0.05) is 31.2 Å². The number of benzene rings is 1. The van der Waals surface area contributed by atoms with Crippen LogP contribution in [0.2, 0.25) is 0 Å². The fourth-order valence-corrected chi connectivity index (χ4v) is 3.71. The fourth-order valence-electron chi connectivity index (χ4n) is 3.71. The maximum atomic E-state index is 12.3. The number of rotatable bonds is 5. The van der Waals surface area contributed by atoms with E-state index in [0.717, 1.165) is 62.4 Å². The van der Waals surface area contributed by atoms with Crippen molar-refractivity contribution in [3.63, 3.8) is 0 Å². The number of likely N-dealkylation sites (tertiary alicyclic amines) is 1. The first kappa shape index (κ1) is 21.9. The number of hydrogen-bond acceptors (Lipinski definition) is 3. The van der Waals surface area contributed by atoms with E-state index in [1.165, 1.54) is 0 Å². The van der Waals surface area contributed by atoms with Crippen LogP contribution in [0.5, 0.6) is 0 Å². The maximum Gasteiger partial charge on any atom is 0.227 e. The van der Waals surface area contributed by atoms with Crippen molar-refractivity contribution in [1.29, 1.82) is 0 Å². The minimum absolute atomic E-state index is 0. The van der Waals surface area contributed by atoms with E-state index in [9.17, 15) is 9.90 Å². The number of amides is 1. The van der Waals surface area contributed by atoms with Crippen molar-refractivity contribution in [3.8, 4) is 0 Å². The summed E-state index contributed by atoms with van der Waals surface area (Å²) < 4.78 is 0. The van der Waals surface area contributed by atoms with E-state index in [4.69, 9.17) is 4.99 Å². The van der Waals surface area contributed by atoms with E-state index >= 15 is 0 Å². The minimum Gasteiger partial charge on any atom is -0.391 e. The smallest absolute Gasteiger partial charge is 0.227 e. The van der Waals surface area contributed by atoms with Gasteiger partial charge in [0.15, 0.2) is 5.96 Å². The number of aliphatic hydroxyl groups excluding tert-OH is 1. The molecule has 0 bridgehead atoms. The second kappa shape index (κ2) is 10.8. The van der Waals surface area contributed by atoms with Crippen LogP contribution in [-0.2, 0) is 11.3 Å². The Morgan fingerprint density at radius 2 is 2.07 bits per heavy atom. The molecule has 1 amide bonds. The molecule has 1 aliphatic carbocycles. The summed E-state index contributed by atoms with van der Waals surface area (Å²) in [6, 6.07) is 7.92. The highest BCUT2D eigenvalue weighted by Gasteiger charge is 2.23. The highest BCUT2D eigenvalue weighted by Crippen LogP contribution is 2.26. The number of nitrogens with zero attached hydrogens (tertiary/aromatic N) is 2. The van der Waals surface area contributed by atoms with Gasteiger partial charge in [-0.25, -0.2) is 4.99 Å². The average Bonchev–Trinajstić information content (AvgIpc) is 3.31. The van der Waals surface area contributed by atoms with Crippen molar-refractivity contribution in [2.45, 2.75) is 51.7 Å². The minimum atomic E-state index is -0.270. The quantitative estimate of drug-likeness (QED) is 0.340. The Labute approximate surface area is 178 Å². The number of aliphatic hydroxyl groups is 1. The molecular weight excluding hydrogens is 455 g/mol. The molecule has 150 valence electrons. The lowest BCUT2D eigenvalue weighted by Crippen LogP contribution is -2.40. The van der Waals surface area contributed by atoms with Gasteiger partial charge in [0.1, 0.15) is 0 Å². The standard InChI is InChI=1S/C20H30N4O2.HI/c1-2-21-20(24-11-10-18(25)14-24)22-13-15-6-5-9-17(12-15)23-19(26)16-7-3-4-8-16;/h5-6,9,12,16,18,25H,2-4,7-8,10-11,13-14H2,1H3,(H,21,22)(H,23,26);1H/t18-;/m1./s1. The molecule has 6 nitrogen and oxygen atoms in total. The number of aliphatic imine (C=N–C) groups is 1. The molecule has 1 aromatic rings. The molecule has 1 aromatic carbocycles. The van der Waals surface area contributed by atoms with Crippen molar-refractivity contribution in [1.82, 2.24) is 10.2 Å². The van der Waals surface area contributed by atoms with Crippen LogP contribution in [0.3, 0.4) is 0 Å². The molecule has 1 saturated carbocycles. The first-order chi connectivity index (χ1) is 12.7. The molecule has 1 heterocycles. The van der Waals surface area contributed by atoms with E-state index in [0.29, 0.717) is 13.1 Å². The van der Waals surface area contributed by atoms with Gasteiger partial charge in [0.05, 0.1) is 12.6 Å². The maximum absolute atomic E-state index is 12.3. The molecule has 1 atom stereocenters. The van der Waals surface area contributed by atoms with E-state index in [-0.39, 0.29) is 41.9 Å². The first-order valence-corrected chi connectivity index (χ1v) is 9.77. The summed E-state index contributed by atoms with van der Waals surface area (Å²) in [7, 11) is 0. The van der Waals surface area contributed by atoms with Gasteiger partial charge in [-0.1, -0.05) is 25.0 Å². The second-order valence-electron chi connectivity index (χ2n) is 7.23. The van der Waals surface area contributed by atoms with Gasteiger partial charge in [0.2, 0.25) is 5.91 Å². The zero-order valence-corrected chi connectivity index (χ0v) is 18.3. The van der Waals surface area contributed by atoms with Gasteiger partial charge < -0.3 is 20.6 Å². The zero-order valence-electron chi connectivity index (χ0n) is 16.0. The Morgan fingerprint density at radius 1 is 1.30 bits per heavy atom. The number of nitrogens with one attached hydrogen (secondary N) is 2. The van der Waals surface area contributed by atoms with Crippen molar-refractivity contribution < 1.29 is 9.90 Å². The average molecular weight is 486 g/mol. The number of β-amino-alcohol motifs (C(OH)–C–C–N with tert-alkyl or cyclic N) is 1. The zero-order chi connectivity index (χ0) is 18.4. The Morgan fingerprint density at radius 3 is 2.74 bits per heavy atom. The number of carbonyl (C=O) groups excluding carboxylic acids is 1. The molecule has 3 N–H and O–H groups in total. The monoisotopic (exact) mass is 486 g/mol.